The zero-order chi connectivity index (χ0) is 18.8. The predicted molar refractivity (Wildman–Crippen MR) is 99.1 cm³/mol. The van der Waals surface area contributed by atoms with Crippen LogP contribution in [-0.2, 0) is 0 Å². The molecule has 2 aromatic rings. The van der Waals surface area contributed by atoms with E-state index in [0.29, 0.717) is 36.2 Å². The number of aromatic nitrogens is 2. The van der Waals surface area contributed by atoms with Gasteiger partial charge in [-0.15, -0.1) is 5.10 Å². The molecule has 136 valence electrons. The van der Waals surface area contributed by atoms with E-state index in [2.05, 4.69) is 32.2 Å². The standard InChI is InChI=1S/C18H19BrN4O3/c1-4-24-13-7-14(25-5-2)12(19)6-10(13)16-11(8-20)17(21)26-18-15(16)9(3)22-23-18/h6-7,16H,4-5,21H2,1-3H3,(H,22,23). The van der Waals surface area contributed by atoms with E-state index in [-0.39, 0.29) is 5.88 Å². The predicted octanol–water partition coefficient (Wildman–Crippen LogP) is 3.50. The molecule has 1 aliphatic rings. The second-order valence-electron chi connectivity index (χ2n) is 5.68. The molecule has 26 heavy (non-hydrogen) atoms. The van der Waals surface area contributed by atoms with Gasteiger partial charge in [-0.05, 0) is 42.8 Å². The number of nitrogens with zero attached hydrogens (tertiary/aromatic N) is 2. The Morgan fingerprint density at radius 2 is 2.00 bits per heavy atom. The Morgan fingerprint density at radius 1 is 1.31 bits per heavy atom. The van der Waals surface area contributed by atoms with Gasteiger partial charge >= 0.3 is 0 Å². The molecule has 1 unspecified atom stereocenters. The number of nitrogens with two attached hydrogens (primary N) is 1. The lowest BCUT2D eigenvalue weighted by molar-refractivity contribution is 0.318. The summed E-state index contributed by atoms with van der Waals surface area (Å²) in [5, 5.41) is 16.7. The number of H-pyrrole nitrogens is 1. The average molecular weight is 419 g/mol. The van der Waals surface area contributed by atoms with E-state index in [4.69, 9.17) is 19.9 Å². The summed E-state index contributed by atoms with van der Waals surface area (Å²) in [6.45, 7) is 6.70. The van der Waals surface area contributed by atoms with Crippen LogP contribution in [0.5, 0.6) is 17.4 Å². The van der Waals surface area contributed by atoms with Gasteiger partial charge in [0.2, 0.25) is 11.8 Å². The van der Waals surface area contributed by atoms with Crippen molar-refractivity contribution in [3.63, 3.8) is 0 Å². The van der Waals surface area contributed by atoms with E-state index in [9.17, 15) is 5.26 Å². The molecule has 7 nitrogen and oxygen atoms in total. The van der Waals surface area contributed by atoms with Crippen LogP contribution in [0.15, 0.2) is 28.1 Å². The maximum absolute atomic E-state index is 9.70. The van der Waals surface area contributed by atoms with Crippen molar-refractivity contribution in [1.82, 2.24) is 10.2 Å². The third kappa shape index (κ3) is 2.99. The number of nitrogens with one attached hydrogen (secondary N) is 1. The molecule has 2 heterocycles. The molecule has 3 N–H and O–H groups in total. The van der Waals surface area contributed by atoms with E-state index in [1.54, 1.807) is 0 Å². The number of rotatable bonds is 5. The van der Waals surface area contributed by atoms with Gasteiger partial charge in [-0.2, -0.15) is 5.26 Å². The molecule has 8 heteroatoms. The van der Waals surface area contributed by atoms with Crippen LogP contribution in [0.2, 0.25) is 0 Å². The van der Waals surface area contributed by atoms with E-state index in [1.807, 2.05) is 32.9 Å². The molecule has 0 saturated heterocycles. The molecular formula is C18H19BrN4O3. The normalized spacial score (nSPS) is 15.9. The first kappa shape index (κ1) is 18.1. The fourth-order valence-corrected chi connectivity index (χ4v) is 3.51. The average Bonchev–Trinajstić information content (AvgIpc) is 2.97. The van der Waals surface area contributed by atoms with E-state index >= 15 is 0 Å². The first-order chi connectivity index (χ1) is 12.5. The fraction of sp³-hybridized carbons (Fsp3) is 0.333. The highest BCUT2D eigenvalue weighted by molar-refractivity contribution is 9.10. The Balaban J connectivity index is 2.25. The van der Waals surface area contributed by atoms with Gasteiger partial charge in [-0.1, -0.05) is 0 Å². The fourth-order valence-electron chi connectivity index (χ4n) is 3.03. The number of aromatic amines is 1. The van der Waals surface area contributed by atoms with Gasteiger partial charge < -0.3 is 19.9 Å². The van der Waals surface area contributed by atoms with E-state index in [1.165, 1.54) is 0 Å². The zero-order valence-corrected chi connectivity index (χ0v) is 16.3. The summed E-state index contributed by atoms with van der Waals surface area (Å²) >= 11 is 3.54. The van der Waals surface area contributed by atoms with Gasteiger partial charge in [0.1, 0.15) is 23.1 Å². The van der Waals surface area contributed by atoms with Crippen molar-refractivity contribution >= 4 is 15.9 Å². The summed E-state index contributed by atoms with van der Waals surface area (Å²) in [4.78, 5) is 0. The molecule has 1 aromatic carbocycles. The number of ether oxygens (including phenoxy) is 3. The van der Waals surface area contributed by atoms with Crippen molar-refractivity contribution in [2.45, 2.75) is 26.7 Å². The number of halogens is 1. The summed E-state index contributed by atoms with van der Waals surface area (Å²) < 4.78 is 17.8. The summed E-state index contributed by atoms with van der Waals surface area (Å²) in [6.07, 6.45) is 0. The van der Waals surface area contributed by atoms with Crippen molar-refractivity contribution in [3.8, 4) is 23.4 Å². The molecule has 0 fully saturated rings. The van der Waals surface area contributed by atoms with Gasteiger partial charge in [0, 0.05) is 22.9 Å². The summed E-state index contributed by atoms with van der Waals surface area (Å²) in [6, 6.07) is 5.89. The van der Waals surface area contributed by atoms with Crippen LogP contribution in [0.1, 0.15) is 36.6 Å². The molecule has 1 aliphatic heterocycles. The second-order valence-corrected chi connectivity index (χ2v) is 6.53. The maximum atomic E-state index is 9.70. The van der Waals surface area contributed by atoms with Crippen LogP contribution in [0.3, 0.4) is 0 Å². The first-order valence-electron chi connectivity index (χ1n) is 8.23. The molecule has 0 amide bonds. The van der Waals surface area contributed by atoms with Crippen molar-refractivity contribution in [2.75, 3.05) is 13.2 Å². The van der Waals surface area contributed by atoms with Crippen molar-refractivity contribution in [2.24, 2.45) is 5.73 Å². The largest absolute Gasteiger partial charge is 0.493 e. The number of allylic oxidation sites excluding steroid dienone is 1. The molecule has 0 aliphatic carbocycles. The van der Waals surface area contributed by atoms with Crippen molar-refractivity contribution in [3.05, 3.63) is 44.9 Å². The van der Waals surface area contributed by atoms with Gasteiger partial charge in [-0.3, -0.25) is 5.10 Å². The second kappa shape index (κ2) is 7.30. The van der Waals surface area contributed by atoms with Crippen LogP contribution in [0.4, 0.5) is 0 Å². The molecule has 1 aromatic heterocycles. The Bertz CT molecular complexity index is 914. The van der Waals surface area contributed by atoms with Crippen LogP contribution < -0.4 is 19.9 Å². The van der Waals surface area contributed by atoms with Crippen LogP contribution in [-0.4, -0.2) is 23.4 Å². The minimum Gasteiger partial charge on any atom is -0.493 e. The lowest BCUT2D eigenvalue weighted by Gasteiger charge is -2.26. The number of hydrogen-bond acceptors (Lipinski definition) is 6. The smallest absolute Gasteiger partial charge is 0.244 e. The van der Waals surface area contributed by atoms with Gasteiger partial charge in [-0.25, -0.2) is 0 Å². The summed E-state index contributed by atoms with van der Waals surface area (Å²) in [5.41, 5.74) is 8.67. The van der Waals surface area contributed by atoms with Crippen molar-refractivity contribution in [1.29, 1.82) is 5.26 Å². The molecule has 0 spiro atoms. The lowest BCUT2D eigenvalue weighted by Crippen LogP contribution is -2.21. The minimum absolute atomic E-state index is 0.0453. The molecule has 1 atom stereocenters. The van der Waals surface area contributed by atoms with Gasteiger partial charge in [0.15, 0.2) is 0 Å². The van der Waals surface area contributed by atoms with E-state index < -0.39 is 5.92 Å². The molecular weight excluding hydrogens is 400 g/mol. The molecule has 0 saturated carbocycles. The van der Waals surface area contributed by atoms with Gasteiger partial charge in [0.25, 0.3) is 0 Å². The van der Waals surface area contributed by atoms with Crippen LogP contribution in [0, 0.1) is 18.3 Å². The maximum Gasteiger partial charge on any atom is 0.244 e. The Kier molecular flexibility index (Phi) is 5.09. The SMILES string of the molecule is CCOc1cc(OCC)c(C2C(C#N)=C(N)Oc3n[nH]c(C)c32)cc1Br. The number of hydrogen-bond donors (Lipinski definition) is 2. The number of benzene rings is 1. The number of nitriles is 1. The van der Waals surface area contributed by atoms with Gasteiger partial charge in [0.05, 0.1) is 23.6 Å². The molecule has 0 bridgehead atoms. The van der Waals surface area contributed by atoms with Crippen LogP contribution in [0.25, 0.3) is 0 Å². The zero-order valence-electron chi connectivity index (χ0n) is 14.7. The number of fused-ring (bicyclic) bond motifs is 1. The highest BCUT2D eigenvalue weighted by Gasteiger charge is 2.36. The summed E-state index contributed by atoms with van der Waals surface area (Å²) in [7, 11) is 0. The number of aryl methyl sites for hydroxylation is 1. The van der Waals surface area contributed by atoms with Crippen molar-refractivity contribution < 1.29 is 14.2 Å². The van der Waals surface area contributed by atoms with E-state index in [0.717, 1.165) is 21.3 Å². The minimum atomic E-state index is -0.448. The summed E-state index contributed by atoms with van der Waals surface area (Å²) in [5.74, 6) is 1.26. The third-order valence-corrected chi connectivity index (χ3v) is 4.72. The monoisotopic (exact) mass is 418 g/mol. The lowest BCUT2D eigenvalue weighted by atomic mass is 9.83. The quantitative estimate of drug-likeness (QED) is 0.769. The Hall–Kier alpha value is -2.66. The highest BCUT2D eigenvalue weighted by atomic mass is 79.9. The topological polar surface area (TPSA) is 106 Å². The third-order valence-electron chi connectivity index (χ3n) is 4.10. The highest BCUT2D eigenvalue weighted by Crippen LogP contribution is 2.47. The first-order valence-corrected chi connectivity index (χ1v) is 9.02. The Labute approximate surface area is 159 Å². The molecule has 3 rings (SSSR count). The molecule has 0 radical (unpaired) electrons. The van der Waals surface area contributed by atoms with Crippen LogP contribution >= 0.6 is 15.9 Å². The Morgan fingerprint density at radius 3 is 2.65 bits per heavy atom.